The van der Waals surface area contributed by atoms with Crippen LogP contribution in [0.3, 0.4) is 0 Å². The molecule has 1 aromatic heterocycles. The number of ether oxygens (including phenoxy) is 1. The molecule has 2 heterocycles. The van der Waals surface area contributed by atoms with Gasteiger partial charge in [0, 0.05) is 19.7 Å². The molecule has 12 heavy (non-hydrogen) atoms. The molecule has 2 rings (SSSR count). The van der Waals surface area contributed by atoms with Crippen molar-refractivity contribution in [3.05, 3.63) is 11.9 Å². The van der Waals surface area contributed by atoms with E-state index in [4.69, 9.17) is 10.5 Å². The first-order valence-corrected chi connectivity index (χ1v) is 4.01. The molecule has 1 aliphatic rings. The van der Waals surface area contributed by atoms with Gasteiger partial charge >= 0.3 is 0 Å². The van der Waals surface area contributed by atoms with Gasteiger partial charge in [0.15, 0.2) is 0 Å². The summed E-state index contributed by atoms with van der Waals surface area (Å²) in [6.07, 6.45) is 2.69. The van der Waals surface area contributed by atoms with E-state index >= 15 is 0 Å². The minimum absolute atomic E-state index is 0.0568. The lowest BCUT2D eigenvalue weighted by Gasteiger charge is -2.09. The summed E-state index contributed by atoms with van der Waals surface area (Å²) in [5.41, 5.74) is 6.65. The molecule has 1 saturated heterocycles. The molecule has 2 atom stereocenters. The Morgan fingerprint density at radius 1 is 1.75 bits per heavy atom. The molecule has 1 aromatic rings. The molecule has 0 radical (unpaired) electrons. The summed E-state index contributed by atoms with van der Waals surface area (Å²) < 4.78 is 7.08. The average Bonchev–Trinajstić information content (AvgIpc) is 2.58. The Morgan fingerprint density at radius 3 is 3.08 bits per heavy atom. The molecule has 2 N–H and O–H groups in total. The number of aryl methyl sites for hydroxylation is 1. The van der Waals surface area contributed by atoms with Gasteiger partial charge in [-0.1, -0.05) is 5.21 Å². The van der Waals surface area contributed by atoms with E-state index in [0.29, 0.717) is 0 Å². The fourth-order valence-electron chi connectivity index (χ4n) is 1.41. The van der Waals surface area contributed by atoms with Crippen LogP contribution in [-0.2, 0) is 11.8 Å². The van der Waals surface area contributed by atoms with Gasteiger partial charge in [0.2, 0.25) is 0 Å². The van der Waals surface area contributed by atoms with Gasteiger partial charge in [0.25, 0.3) is 0 Å². The molecule has 1 fully saturated rings. The first-order chi connectivity index (χ1) is 5.77. The topological polar surface area (TPSA) is 66.0 Å². The number of rotatable bonds is 1. The van der Waals surface area contributed by atoms with Crippen molar-refractivity contribution in [2.75, 3.05) is 6.61 Å². The Hall–Kier alpha value is -0.940. The van der Waals surface area contributed by atoms with E-state index in [0.717, 1.165) is 18.7 Å². The maximum absolute atomic E-state index is 5.82. The molecule has 5 heteroatoms. The maximum atomic E-state index is 5.82. The second kappa shape index (κ2) is 2.84. The molecular formula is C7H12N4O. The largest absolute Gasteiger partial charge is 0.370 e. The van der Waals surface area contributed by atoms with Crippen LogP contribution in [0.1, 0.15) is 18.2 Å². The summed E-state index contributed by atoms with van der Waals surface area (Å²) in [6.45, 7) is 0.725. The summed E-state index contributed by atoms with van der Waals surface area (Å²) in [5.74, 6) is 0. The highest BCUT2D eigenvalue weighted by Gasteiger charge is 2.28. The molecule has 0 bridgehead atoms. The second-order valence-corrected chi connectivity index (χ2v) is 3.06. The van der Waals surface area contributed by atoms with Crippen LogP contribution >= 0.6 is 0 Å². The molecule has 0 aliphatic carbocycles. The minimum Gasteiger partial charge on any atom is -0.370 e. The van der Waals surface area contributed by atoms with E-state index in [-0.39, 0.29) is 12.1 Å². The van der Waals surface area contributed by atoms with E-state index in [9.17, 15) is 0 Å². The SMILES string of the molecule is Cn1cc(C2OCCC2N)nn1. The van der Waals surface area contributed by atoms with Crippen molar-refractivity contribution in [2.45, 2.75) is 18.6 Å². The highest BCUT2D eigenvalue weighted by atomic mass is 16.5. The standard InChI is InChI=1S/C7H12N4O/c1-11-4-6(9-10-11)7-5(8)2-3-12-7/h4-5,7H,2-3,8H2,1H3. The number of hydrogen-bond acceptors (Lipinski definition) is 4. The van der Waals surface area contributed by atoms with Crippen LogP contribution in [0.15, 0.2) is 6.20 Å². The van der Waals surface area contributed by atoms with Gasteiger partial charge in [0.1, 0.15) is 11.8 Å². The van der Waals surface area contributed by atoms with Crippen molar-refractivity contribution >= 4 is 0 Å². The summed E-state index contributed by atoms with van der Waals surface area (Å²) >= 11 is 0. The van der Waals surface area contributed by atoms with Gasteiger partial charge in [-0.3, -0.25) is 4.68 Å². The summed E-state index contributed by atoms with van der Waals surface area (Å²) in [6, 6.07) is 0.0710. The van der Waals surface area contributed by atoms with Gasteiger partial charge in [-0.05, 0) is 6.42 Å². The van der Waals surface area contributed by atoms with Crippen molar-refractivity contribution in [2.24, 2.45) is 12.8 Å². The lowest BCUT2D eigenvalue weighted by Crippen LogP contribution is -2.23. The van der Waals surface area contributed by atoms with Gasteiger partial charge in [-0.15, -0.1) is 5.10 Å². The smallest absolute Gasteiger partial charge is 0.118 e. The Morgan fingerprint density at radius 2 is 2.58 bits per heavy atom. The van der Waals surface area contributed by atoms with E-state index in [1.165, 1.54) is 0 Å². The Kier molecular flexibility index (Phi) is 1.82. The molecular weight excluding hydrogens is 156 g/mol. The predicted molar refractivity (Wildman–Crippen MR) is 42.3 cm³/mol. The van der Waals surface area contributed by atoms with Crippen molar-refractivity contribution in [1.82, 2.24) is 15.0 Å². The number of nitrogens with two attached hydrogens (primary N) is 1. The zero-order valence-electron chi connectivity index (χ0n) is 6.97. The van der Waals surface area contributed by atoms with Gasteiger partial charge in [-0.2, -0.15) is 0 Å². The molecule has 0 amide bonds. The normalized spacial score (nSPS) is 29.5. The highest BCUT2D eigenvalue weighted by molar-refractivity contribution is 5.03. The van der Waals surface area contributed by atoms with E-state index in [1.54, 1.807) is 4.68 Å². The molecule has 0 spiro atoms. The third-order valence-electron chi connectivity index (χ3n) is 2.05. The molecule has 2 unspecified atom stereocenters. The van der Waals surface area contributed by atoms with Crippen molar-refractivity contribution in [1.29, 1.82) is 0 Å². The molecule has 0 aromatic carbocycles. The number of hydrogen-bond donors (Lipinski definition) is 1. The van der Waals surface area contributed by atoms with Gasteiger partial charge in [0.05, 0.1) is 6.20 Å². The zero-order chi connectivity index (χ0) is 8.55. The van der Waals surface area contributed by atoms with E-state index in [2.05, 4.69) is 10.3 Å². The molecule has 5 nitrogen and oxygen atoms in total. The average molecular weight is 168 g/mol. The zero-order valence-corrected chi connectivity index (χ0v) is 6.97. The molecule has 1 aliphatic heterocycles. The van der Waals surface area contributed by atoms with Crippen LogP contribution in [0.4, 0.5) is 0 Å². The van der Waals surface area contributed by atoms with Crippen LogP contribution in [0, 0.1) is 0 Å². The first-order valence-electron chi connectivity index (χ1n) is 4.01. The summed E-state index contributed by atoms with van der Waals surface area (Å²) in [5, 5.41) is 7.78. The quantitative estimate of drug-likeness (QED) is 0.620. The Bertz CT molecular complexity index is 272. The van der Waals surface area contributed by atoms with Crippen LogP contribution in [0.5, 0.6) is 0 Å². The third kappa shape index (κ3) is 1.21. The Balaban J connectivity index is 2.19. The second-order valence-electron chi connectivity index (χ2n) is 3.06. The van der Waals surface area contributed by atoms with E-state index < -0.39 is 0 Å². The minimum atomic E-state index is -0.0568. The summed E-state index contributed by atoms with van der Waals surface area (Å²) in [7, 11) is 1.83. The van der Waals surface area contributed by atoms with Gasteiger partial charge < -0.3 is 10.5 Å². The summed E-state index contributed by atoms with van der Waals surface area (Å²) in [4.78, 5) is 0. The van der Waals surface area contributed by atoms with Gasteiger partial charge in [-0.25, -0.2) is 0 Å². The van der Waals surface area contributed by atoms with Crippen LogP contribution in [0.2, 0.25) is 0 Å². The predicted octanol–water partition coefficient (Wildman–Crippen LogP) is -0.396. The maximum Gasteiger partial charge on any atom is 0.118 e. The monoisotopic (exact) mass is 168 g/mol. The van der Waals surface area contributed by atoms with Crippen LogP contribution in [0.25, 0.3) is 0 Å². The van der Waals surface area contributed by atoms with Crippen LogP contribution < -0.4 is 5.73 Å². The number of aromatic nitrogens is 3. The third-order valence-corrected chi connectivity index (χ3v) is 2.05. The van der Waals surface area contributed by atoms with Crippen molar-refractivity contribution in [3.8, 4) is 0 Å². The lowest BCUT2D eigenvalue weighted by atomic mass is 10.1. The molecule has 66 valence electrons. The van der Waals surface area contributed by atoms with Crippen molar-refractivity contribution in [3.63, 3.8) is 0 Å². The van der Waals surface area contributed by atoms with E-state index in [1.807, 2.05) is 13.2 Å². The van der Waals surface area contributed by atoms with Crippen LogP contribution in [-0.4, -0.2) is 27.6 Å². The first kappa shape index (κ1) is 7.70. The lowest BCUT2D eigenvalue weighted by molar-refractivity contribution is 0.101. The highest BCUT2D eigenvalue weighted by Crippen LogP contribution is 2.25. The Labute approximate surface area is 70.5 Å². The van der Waals surface area contributed by atoms with Crippen molar-refractivity contribution < 1.29 is 4.74 Å². The molecule has 0 saturated carbocycles. The fourth-order valence-corrected chi connectivity index (χ4v) is 1.41. The number of nitrogens with zero attached hydrogens (tertiary/aromatic N) is 3. The fraction of sp³-hybridized carbons (Fsp3) is 0.714.